The molecule has 5 nitrogen and oxygen atoms in total. The van der Waals surface area contributed by atoms with Gasteiger partial charge in [0.25, 0.3) is 0 Å². The second kappa shape index (κ2) is 5.39. The van der Waals surface area contributed by atoms with Crippen molar-refractivity contribution in [3.63, 3.8) is 0 Å². The largest absolute Gasteiger partial charge is 0.480 e. The fourth-order valence-electron chi connectivity index (χ4n) is 3.37. The molecule has 0 bridgehead atoms. The molecule has 3 rings (SSSR count). The number of fused-ring (bicyclic) bond motifs is 1. The normalized spacial score (nSPS) is 19.9. The van der Waals surface area contributed by atoms with E-state index in [0.29, 0.717) is 19.4 Å². The summed E-state index contributed by atoms with van der Waals surface area (Å²) in [6, 6.07) is 7.49. The molecule has 1 aromatic rings. The number of benzene rings is 1. The highest BCUT2D eigenvalue weighted by Crippen LogP contribution is 2.31. The SMILES string of the molecule is O=C(NC1(C(=O)O)CCCCC1)N1CCc2ccccc21. The number of carbonyl (C=O) groups is 2. The number of nitrogens with zero attached hydrogens (tertiary/aromatic N) is 1. The van der Waals surface area contributed by atoms with Gasteiger partial charge in [0.2, 0.25) is 0 Å². The molecule has 1 aliphatic carbocycles. The van der Waals surface area contributed by atoms with Crippen molar-refractivity contribution < 1.29 is 14.7 Å². The number of urea groups is 1. The molecule has 2 N–H and O–H groups in total. The topological polar surface area (TPSA) is 69.6 Å². The number of hydrogen-bond donors (Lipinski definition) is 2. The van der Waals surface area contributed by atoms with Crippen LogP contribution in [-0.4, -0.2) is 29.2 Å². The maximum Gasteiger partial charge on any atom is 0.329 e. The second-order valence-electron chi connectivity index (χ2n) is 5.91. The summed E-state index contributed by atoms with van der Waals surface area (Å²) >= 11 is 0. The van der Waals surface area contributed by atoms with E-state index < -0.39 is 11.5 Å². The van der Waals surface area contributed by atoms with Gasteiger partial charge in [-0.1, -0.05) is 37.5 Å². The van der Waals surface area contributed by atoms with Gasteiger partial charge in [-0.25, -0.2) is 9.59 Å². The Balaban J connectivity index is 1.78. The highest BCUT2D eigenvalue weighted by Gasteiger charge is 2.42. The Morgan fingerprint density at radius 3 is 2.57 bits per heavy atom. The molecule has 0 spiro atoms. The Labute approximate surface area is 123 Å². The summed E-state index contributed by atoms with van der Waals surface area (Å²) in [6.45, 7) is 0.612. The van der Waals surface area contributed by atoms with Gasteiger partial charge in [0.1, 0.15) is 5.54 Å². The van der Waals surface area contributed by atoms with E-state index in [1.165, 1.54) is 0 Å². The monoisotopic (exact) mass is 288 g/mol. The number of anilines is 1. The van der Waals surface area contributed by atoms with Crippen LogP contribution < -0.4 is 10.2 Å². The third-order valence-corrected chi connectivity index (χ3v) is 4.60. The van der Waals surface area contributed by atoms with Gasteiger partial charge in [-0.3, -0.25) is 4.90 Å². The van der Waals surface area contributed by atoms with Crippen molar-refractivity contribution in [3.8, 4) is 0 Å². The standard InChI is InChI=1S/C16H20N2O3/c19-14(20)16(9-4-1-5-10-16)17-15(21)18-11-8-12-6-2-3-7-13(12)18/h2-3,6-7H,1,4-5,8-11H2,(H,17,21)(H,19,20). The third kappa shape index (κ3) is 2.48. The number of rotatable bonds is 2. The molecule has 1 saturated carbocycles. The van der Waals surface area contributed by atoms with E-state index in [1.54, 1.807) is 4.90 Å². The first-order valence-electron chi connectivity index (χ1n) is 7.53. The molecule has 5 heteroatoms. The quantitative estimate of drug-likeness (QED) is 0.878. The molecule has 0 saturated heterocycles. The zero-order valence-electron chi connectivity index (χ0n) is 12.0. The molecule has 1 aliphatic heterocycles. The minimum Gasteiger partial charge on any atom is -0.480 e. The summed E-state index contributed by atoms with van der Waals surface area (Å²) in [6.07, 6.45) is 4.60. The van der Waals surface area contributed by atoms with Gasteiger partial charge >= 0.3 is 12.0 Å². The van der Waals surface area contributed by atoms with E-state index in [0.717, 1.165) is 36.9 Å². The fourth-order valence-corrected chi connectivity index (χ4v) is 3.37. The van der Waals surface area contributed by atoms with Crippen molar-refractivity contribution in [1.82, 2.24) is 5.32 Å². The zero-order chi connectivity index (χ0) is 14.9. The first-order valence-corrected chi connectivity index (χ1v) is 7.53. The van der Waals surface area contributed by atoms with E-state index in [9.17, 15) is 14.7 Å². The van der Waals surface area contributed by atoms with Crippen LogP contribution in [0.1, 0.15) is 37.7 Å². The minimum atomic E-state index is -1.09. The number of carboxylic acids is 1. The number of amides is 2. The predicted octanol–water partition coefficient (Wildman–Crippen LogP) is 2.55. The van der Waals surface area contributed by atoms with Crippen LogP contribution in [0.15, 0.2) is 24.3 Å². The Morgan fingerprint density at radius 1 is 1.14 bits per heavy atom. The number of hydrogen-bond acceptors (Lipinski definition) is 2. The van der Waals surface area contributed by atoms with Gasteiger partial charge in [-0.2, -0.15) is 0 Å². The van der Waals surface area contributed by atoms with Crippen molar-refractivity contribution in [3.05, 3.63) is 29.8 Å². The van der Waals surface area contributed by atoms with Crippen LogP contribution in [0.3, 0.4) is 0 Å². The maximum absolute atomic E-state index is 12.5. The van der Waals surface area contributed by atoms with Crippen molar-refractivity contribution in [1.29, 1.82) is 0 Å². The first-order chi connectivity index (χ1) is 10.1. The molecule has 2 aliphatic rings. The number of para-hydroxylation sites is 1. The third-order valence-electron chi connectivity index (χ3n) is 4.60. The van der Waals surface area contributed by atoms with E-state index in [1.807, 2.05) is 24.3 Å². The molecule has 0 unspecified atom stereocenters. The van der Waals surface area contributed by atoms with Crippen LogP contribution in [0, 0.1) is 0 Å². The lowest BCUT2D eigenvalue weighted by atomic mass is 9.82. The highest BCUT2D eigenvalue weighted by molar-refractivity contribution is 5.97. The van der Waals surface area contributed by atoms with Gasteiger partial charge in [0.05, 0.1) is 0 Å². The molecule has 21 heavy (non-hydrogen) atoms. The van der Waals surface area contributed by atoms with E-state index in [4.69, 9.17) is 0 Å². The molecule has 1 heterocycles. The van der Waals surface area contributed by atoms with E-state index >= 15 is 0 Å². The number of carbonyl (C=O) groups excluding carboxylic acids is 1. The van der Waals surface area contributed by atoms with Crippen LogP contribution in [0.2, 0.25) is 0 Å². The molecule has 112 valence electrons. The lowest BCUT2D eigenvalue weighted by Crippen LogP contribution is -2.58. The lowest BCUT2D eigenvalue weighted by Gasteiger charge is -2.35. The van der Waals surface area contributed by atoms with Gasteiger partial charge in [0, 0.05) is 12.2 Å². The average molecular weight is 288 g/mol. The summed E-state index contributed by atoms with van der Waals surface area (Å²) in [5.74, 6) is -0.914. The predicted molar refractivity (Wildman–Crippen MR) is 79.5 cm³/mol. The number of carboxylic acid groups (broad SMARTS) is 1. The Bertz CT molecular complexity index is 564. The Hall–Kier alpha value is -2.04. The van der Waals surface area contributed by atoms with Gasteiger partial charge in [-0.05, 0) is 30.9 Å². The number of aliphatic carboxylic acids is 1. The molecular formula is C16H20N2O3. The molecule has 0 radical (unpaired) electrons. The van der Waals surface area contributed by atoms with Gasteiger partial charge in [0.15, 0.2) is 0 Å². The molecule has 0 atom stereocenters. The van der Waals surface area contributed by atoms with E-state index in [2.05, 4.69) is 5.32 Å². The fraction of sp³-hybridized carbons (Fsp3) is 0.500. The minimum absolute atomic E-state index is 0.288. The zero-order valence-corrected chi connectivity index (χ0v) is 12.0. The smallest absolute Gasteiger partial charge is 0.329 e. The van der Waals surface area contributed by atoms with Crippen LogP contribution >= 0.6 is 0 Å². The maximum atomic E-state index is 12.5. The summed E-state index contributed by atoms with van der Waals surface area (Å²) in [7, 11) is 0. The molecule has 0 aromatic heterocycles. The second-order valence-corrected chi connectivity index (χ2v) is 5.91. The van der Waals surface area contributed by atoms with Crippen LogP contribution in [0.4, 0.5) is 10.5 Å². The molecule has 1 aromatic carbocycles. The average Bonchev–Trinajstić information content (AvgIpc) is 2.92. The highest BCUT2D eigenvalue weighted by atomic mass is 16.4. The van der Waals surface area contributed by atoms with Gasteiger partial charge in [-0.15, -0.1) is 0 Å². The van der Waals surface area contributed by atoms with Crippen molar-refractivity contribution >= 4 is 17.7 Å². The summed E-state index contributed by atoms with van der Waals surface area (Å²) in [5.41, 5.74) is 0.944. The Kier molecular flexibility index (Phi) is 3.57. The van der Waals surface area contributed by atoms with Crippen LogP contribution in [0.5, 0.6) is 0 Å². The summed E-state index contributed by atoms with van der Waals surface area (Å²) < 4.78 is 0. The summed E-state index contributed by atoms with van der Waals surface area (Å²) in [4.78, 5) is 25.8. The lowest BCUT2D eigenvalue weighted by molar-refractivity contribution is -0.145. The Morgan fingerprint density at radius 2 is 1.86 bits per heavy atom. The van der Waals surface area contributed by atoms with Crippen molar-refractivity contribution in [2.45, 2.75) is 44.1 Å². The molecular weight excluding hydrogens is 268 g/mol. The molecule has 2 amide bonds. The van der Waals surface area contributed by atoms with E-state index in [-0.39, 0.29) is 6.03 Å². The first kappa shape index (κ1) is 13.9. The van der Waals surface area contributed by atoms with Gasteiger partial charge < -0.3 is 10.4 Å². The van der Waals surface area contributed by atoms with Crippen LogP contribution in [0.25, 0.3) is 0 Å². The van der Waals surface area contributed by atoms with Crippen molar-refractivity contribution in [2.24, 2.45) is 0 Å². The van der Waals surface area contributed by atoms with Crippen LogP contribution in [-0.2, 0) is 11.2 Å². The number of nitrogens with one attached hydrogen (secondary N) is 1. The molecule has 1 fully saturated rings. The van der Waals surface area contributed by atoms with Crippen molar-refractivity contribution in [2.75, 3.05) is 11.4 Å². The summed E-state index contributed by atoms with van der Waals surface area (Å²) in [5, 5.41) is 12.3.